The molecule has 36 heavy (non-hydrogen) atoms. The number of nitrogens with one attached hydrogen (secondary N) is 3. The van der Waals surface area contributed by atoms with E-state index in [-0.39, 0.29) is 18.4 Å². The van der Waals surface area contributed by atoms with Crippen molar-refractivity contribution in [2.24, 2.45) is 0 Å². The van der Waals surface area contributed by atoms with Gasteiger partial charge in [-0.15, -0.1) is 0 Å². The molecule has 3 heterocycles. The summed E-state index contributed by atoms with van der Waals surface area (Å²) >= 11 is 0. The second kappa shape index (κ2) is 9.55. The largest absolute Gasteiger partial charge is 0.497 e. The van der Waals surface area contributed by atoms with Crippen molar-refractivity contribution in [1.29, 1.82) is 0 Å². The number of nitrogens with zero attached hydrogens (tertiary/aromatic N) is 2. The molecular weight excluding hydrogens is 462 g/mol. The van der Waals surface area contributed by atoms with Crippen LogP contribution in [0.25, 0.3) is 11.0 Å². The Morgan fingerprint density at radius 3 is 2.83 bits per heavy atom. The van der Waals surface area contributed by atoms with Crippen molar-refractivity contribution in [3.8, 4) is 5.75 Å². The van der Waals surface area contributed by atoms with Crippen LogP contribution < -0.4 is 20.7 Å². The van der Waals surface area contributed by atoms with Crippen molar-refractivity contribution >= 4 is 22.8 Å². The van der Waals surface area contributed by atoms with Crippen LogP contribution >= 0.6 is 0 Å². The maximum atomic E-state index is 13.2. The molecule has 0 saturated carbocycles. The van der Waals surface area contributed by atoms with E-state index < -0.39 is 11.9 Å². The highest BCUT2D eigenvalue weighted by atomic mass is 16.5. The van der Waals surface area contributed by atoms with E-state index in [2.05, 4.69) is 16.0 Å². The van der Waals surface area contributed by atoms with Gasteiger partial charge in [-0.1, -0.05) is 12.1 Å². The van der Waals surface area contributed by atoms with E-state index in [0.29, 0.717) is 47.9 Å². The molecule has 0 radical (unpaired) electrons. The second-order valence-corrected chi connectivity index (χ2v) is 9.62. The first-order valence-electron chi connectivity index (χ1n) is 11.9. The Kier molecular flexibility index (Phi) is 6.44. The van der Waals surface area contributed by atoms with Crippen LogP contribution in [0.1, 0.15) is 32.0 Å². The lowest BCUT2D eigenvalue weighted by molar-refractivity contribution is 0.0675. The highest BCUT2D eigenvalue weighted by molar-refractivity contribution is 5.99. The maximum Gasteiger partial charge on any atom is 0.254 e. The molecule has 190 valence electrons. The Labute approximate surface area is 209 Å². The van der Waals surface area contributed by atoms with E-state index in [0.717, 1.165) is 17.5 Å². The van der Waals surface area contributed by atoms with E-state index in [1.165, 1.54) is 0 Å². The molecule has 0 bridgehead atoms. The number of rotatable bonds is 8. The summed E-state index contributed by atoms with van der Waals surface area (Å²) in [6.45, 7) is 2.38. The zero-order chi connectivity index (χ0) is 25.4. The molecule has 2 unspecified atom stereocenters. The molecule has 1 fully saturated rings. The van der Waals surface area contributed by atoms with Crippen molar-refractivity contribution < 1.29 is 23.8 Å². The van der Waals surface area contributed by atoms with Crippen molar-refractivity contribution in [1.82, 2.24) is 25.8 Å². The topological polar surface area (TPSA) is 119 Å². The van der Waals surface area contributed by atoms with E-state index in [1.807, 2.05) is 43.3 Å². The van der Waals surface area contributed by atoms with Crippen LogP contribution in [-0.2, 0) is 12.1 Å². The van der Waals surface area contributed by atoms with Crippen molar-refractivity contribution in [3.63, 3.8) is 0 Å². The van der Waals surface area contributed by atoms with Gasteiger partial charge in [-0.3, -0.25) is 20.2 Å². The molecule has 3 aromatic rings. The van der Waals surface area contributed by atoms with Gasteiger partial charge in [-0.05, 0) is 50.0 Å². The van der Waals surface area contributed by atoms with Crippen LogP contribution in [0.5, 0.6) is 5.75 Å². The molecule has 2 aliphatic heterocycles. The normalized spacial score (nSPS) is 21.4. The quantitative estimate of drug-likeness (QED) is 0.368. The van der Waals surface area contributed by atoms with E-state index >= 15 is 0 Å². The molecule has 10 heteroatoms. The van der Waals surface area contributed by atoms with Crippen LogP contribution in [-0.4, -0.2) is 80.5 Å². The van der Waals surface area contributed by atoms with Gasteiger partial charge >= 0.3 is 0 Å². The number of ether oxygens (including phenoxy) is 1. The minimum Gasteiger partial charge on any atom is -0.497 e. The number of benzene rings is 2. The smallest absolute Gasteiger partial charge is 0.254 e. The van der Waals surface area contributed by atoms with Gasteiger partial charge in [0.15, 0.2) is 6.35 Å². The number of amides is 2. The molecule has 2 aliphatic rings. The van der Waals surface area contributed by atoms with E-state index in [4.69, 9.17) is 9.15 Å². The van der Waals surface area contributed by atoms with Crippen LogP contribution in [0.2, 0.25) is 0 Å². The maximum absolute atomic E-state index is 13.2. The average molecular weight is 494 g/mol. The third kappa shape index (κ3) is 4.56. The Morgan fingerprint density at radius 1 is 1.28 bits per heavy atom. The number of furan rings is 1. The summed E-state index contributed by atoms with van der Waals surface area (Å²) in [4.78, 5) is 29.5. The van der Waals surface area contributed by atoms with Gasteiger partial charge in [0.1, 0.15) is 22.6 Å². The fourth-order valence-corrected chi connectivity index (χ4v) is 4.80. The SMILES string of the molecule is COc1ccc2c(c1)C(=O)N(CC1(c3cc4ccc(C(=O)NCCN(C)C)cc4o3)CNC(O)N1)C2. The molecule has 0 aliphatic carbocycles. The highest BCUT2D eigenvalue weighted by Gasteiger charge is 2.45. The Morgan fingerprint density at radius 2 is 2.11 bits per heavy atom. The third-order valence-electron chi connectivity index (χ3n) is 6.77. The van der Waals surface area contributed by atoms with Gasteiger partial charge in [-0.25, -0.2) is 0 Å². The Hall–Kier alpha value is -3.44. The monoisotopic (exact) mass is 493 g/mol. The first kappa shape index (κ1) is 24.3. The molecule has 1 saturated heterocycles. The zero-order valence-electron chi connectivity index (χ0n) is 20.6. The lowest BCUT2D eigenvalue weighted by Gasteiger charge is -2.31. The molecular formula is C26H31N5O5. The lowest BCUT2D eigenvalue weighted by atomic mass is 9.96. The number of aliphatic hydroxyl groups is 1. The molecule has 2 aromatic carbocycles. The van der Waals surface area contributed by atoms with Crippen molar-refractivity contribution in [2.45, 2.75) is 18.4 Å². The van der Waals surface area contributed by atoms with Crippen LogP contribution in [0.4, 0.5) is 0 Å². The average Bonchev–Trinajstić information content (AvgIpc) is 3.54. The summed E-state index contributed by atoms with van der Waals surface area (Å²) < 4.78 is 11.5. The van der Waals surface area contributed by atoms with Crippen LogP contribution in [0.3, 0.4) is 0 Å². The summed E-state index contributed by atoms with van der Waals surface area (Å²) in [5.74, 6) is 0.944. The van der Waals surface area contributed by atoms with Gasteiger partial charge in [0.2, 0.25) is 0 Å². The van der Waals surface area contributed by atoms with Gasteiger partial charge in [0.05, 0.1) is 7.11 Å². The van der Waals surface area contributed by atoms with E-state index in [9.17, 15) is 14.7 Å². The standard InChI is InChI=1S/C26H31N5O5/c1-30(2)9-8-27-23(32)17-5-4-16-11-22(36-21(16)10-17)26(14-28-25(34)29-26)15-31-13-18-6-7-19(35-3)12-20(18)24(31)33/h4-7,10-12,25,28-29,34H,8-9,13-15H2,1-3H3,(H,27,32). The zero-order valence-corrected chi connectivity index (χ0v) is 20.6. The molecule has 10 nitrogen and oxygen atoms in total. The highest BCUT2D eigenvalue weighted by Crippen LogP contribution is 2.35. The predicted molar refractivity (Wildman–Crippen MR) is 134 cm³/mol. The van der Waals surface area contributed by atoms with Gasteiger partial charge in [0, 0.05) is 49.2 Å². The van der Waals surface area contributed by atoms with Gasteiger partial charge in [-0.2, -0.15) is 0 Å². The molecule has 5 rings (SSSR count). The second-order valence-electron chi connectivity index (χ2n) is 9.62. The number of hydrogen-bond acceptors (Lipinski definition) is 8. The number of carbonyl (C=O) groups excluding carboxylic acids is 2. The molecule has 4 N–H and O–H groups in total. The van der Waals surface area contributed by atoms with Crippen molar-refractivity contribution in [3.05, 3.63) is 64.9 Å². The molecule has 2 amide bonds. The number of methoxy groups -OCH3 is 1. The number of aliphatic hydroxyl groups excluding tert-OH is 1. The molecule has 2 atom stereocenters. The summed E-state index contributed by atoms with van der Waals surface area (Å²) in [7, 11) is 5.48. The summed E-state index contributed by atoms with van der Waals surface area (Å²) in [6.07, 6.45) is -0.948. The predicted octanol–water partition coefficient (Wildman–Crippen LogP) is 1.05. The minimum absolute atomic E-state index is 0.0979. The summed E-state index contributed by atoms with van der Waals surface area (Å²) in [6, 6.07) is 12.7. The number of likely N-dealkylation sites (N-methyl/N-ethyl adjacent to an activating group) is 1. The minimum atomic E-state index is -0.948. The fourth-order valence-electron chi connectivity index (χ4n) is 4.80. The Bertz CT molecular complexity index is 1310. The summed E-state index contributed by atoms with van der Waals surface area (Å²) in [5, 5.41) is 20.2. The number of carbonyl (C=O) groups is 2. The van der Waals surface area contributed by atoms with Gasteiger partial charge < -0.3 is 29.4 Å². The Balaban J connectivity index is 1.40. The lowest BCUT2D eigenvalue weighted by Crippen LogP contribution is -2.50. The molecule has 0 spiro atoms. The molecule has 1 aromatic heterocycles. The number of fused-ring (bicyclic) bond motifs is 2. The third-order valence-corrected chi connectivity index (χ3v) is 6.77. The van der Waals surface area contributed by atoms with Crippen LogP contribution in [0.15, 0.2) is 46.9 Å². The summed E-state index contributed by atoms with van der Waals surface area (Å²) in [5.41, 5.74) is 1.76. The van der Waals surface area contributed by atoms with E-state index in [1.54, 1.807) is 30.2 Å². The first-order chi connectivity index (χ1) is 17.3. The van der Waals surface area contributed by atoms with Crippen molar-refractivity contribution in [2.75, 3.05) is 47.4 Å². The van der Waals surface area contributed by atoms with Gasteiger partial charge in [0.25, 0.3) is 11.8 Å². The fraction of sp³-hybridized carbons (Fsp3) is 0.385. The number of hydrogen-bond donors (Lipinski definition) is 4. The first-order valence-corrected chi connectivity index (χ1v) is 11.9. The van der Waals surface area contributed by atoms with Crippen LogP contribution in [0, 0.1) is 0 Å².